The highest BCUT2D eigenvalue weighted by Gasteiger charge is 2.23. The summed E-state index contributed by atoms with van der Waals surface area (Å²) in [5, 5.41) is 4.87. The van der Waals surface area contributed by atoms with Gasteiger partial charge in [0.05, 0.1) is 16.7 Å². The minimum absolute atomic E-state index is 1.12. The van der Waals surface area contributed by atoms with E-state index >= 15 is 0 Å². The van der Waals surface area contributed by atoms with Gasteiger partial charge < -0.3 is 9.47 Å². The Morgan fingerprint density at radius 2 is 0.875 bits per heavy atom. The Labute approximate surface area is 280 Å². The third-order valence-corrected chi connectivity index (χ3v) is 9.34. The summed E-state index contributed by atoms with van der Waals surface area (Å²) in [6.07, 6.45) is 0. The molecule has 0 atom stereocenters. The van der Waals surface area contributed by atoms with Crippen LogP contribution in [-0.4, -0.2) is 4.57 Å². The van der Waals surface area contributed by atoms with Gasteiger partial charge in [-0.15, -0.1) is 0 Å². The SMILES string of the molecule is c1ccc(-c2ccc(-n3c4cc(-c5ccccc5)ccc4c4c(N(c5ccccc5)c5ccccc5)cc5ccccc5c43)cc2)cc1. The van der Waals surface area contributed by atoms with E-state index in [9.17, 15) is 0 Å². The van der Waals surface area contributed by atoms with Crippen molar-refractivity contribution in [1.82, 2.24) is 4.57 Å². The van der Waals surface area contributed by atoms with Crippen molar-refractivity contribution in [3.05, 3.63) is 194 Å². The van der Waals surface area contributed by atoms with E-state index in [1.54, 1.807) is 0 Å². The van der Waals surface area contributed by atoms with Crippen LogP contribution in [0.5, 0.6) is 0 Å². The number of nitrogens with zero attached hydrogens (tertiary/aromatic N) is 2. The van der Waals surface area contributed by atoms with Gasteiger partial charge in [-0.05, 0) is 76.2 Å². The maximum atomic E-state index is 2.48. The number of anilines is 3. The van der Waals surface area contributed by atoms with Gasteiger partial charge in [-0.1, -0.05) is 146 Å². The number of para-hydroxylation sites is 2. The second-order valence-corrected chi connectivity index (χ2v) is 12.2. The van der Waals surface area contributed by atoms with Crippen molar-refractivity contribution in [2.45, 2.75) is 0 Å². The molecule has 2 heteroatoms. The van der Waals surface area contributed by atoms with E-state index in [4.69, 9.17) is 0 Å². The molecule has 0 saturated heterocycles. The van der Waals surface area contributed by atoms with Crippen LogP contribution in [-0.2, 0) is 0 Å². The van der Waals surface area contributed by atoms with E-state index in [2.05, 4.69) is 204 Å². The van der Waals surface area contributed by atoms with Gasteiger partial charge in [0.15, 0.2) is 0 Å². The van der Waals surface area contributed by atoms with Gasteiger partial charge in [0, 0.05) is 33.2 Å². The first-order valence-corrected chi connectivity index (χ1v) is 16.4. The van der Waals surface area contributed by atoms with Gasteiger partial charge in [0.2, 0.25) is 0 Å². The molecule has 0 aliphatic carbocycles. The molecule has 0 N–H and O–H groups in total. The van der Waals surface area contributed by atoms with Gasteiger partial charge in [0.25, 0.3) is 0 Å². The normalized spacial score (nSPS) is 11.3. The first kappa shape index (κ1) is 27.9. The predicted molar refractivity (Wildman–Crippen MR) is 204 cm³/mol. The number of hydrogen-bond donors (Lipinski definition) is 0. The van der Waals surface area contributed by atoms with Crippen molar-refractivity contribution in [2.75, 3.05) is 4.90 Å². The molecule has 8 aromatic carbocycles. The summed E-state index contributed by atoms with van der Waals surface area (Å²) in [5.41, 5.74) is 11.7. The lowest BCUT2D eigenvalue weighted by molar-refractivity contribution is 1.19. The molecule has 0 unspecified atom stereocenters. The molecule has 48 heavy (non-hydrogen) atoms. The number of fused-ring (bicyclic) bond motifs is 5. The Balaban J connectivity index is 1.41. The van der Waals surface area contributed by atoms with Crippen molar-refractivity contribution in [1.29, 1.82) is 0 Å². The zero-order valence-corrected chi connectivity index (χ0v) is 26.4. The summed E-state index contributed by atoms with van der Waals surface area (Å²) in [4.78, 5) is 2.40. The molecule has 0 saturated carbocycles. The summed E-state index contributed by atoms with van der Waals surface area (Å²) in [7, 11) is 0. The third-order valence-electron chi connectivity index (χ3n) is 9.34. The van der Waals surface area contributed by atoms with Crippen molar-refractivity contribution in [2.24, 2.45) is 0 Å². The zero-order chi connectivity index (χ0) is 31.9. The molecule has 2 nitrogen and oxygen atoms in total. The van der Waals surface area contributed by atoms with Gasteiger partial charge in [-0.25, -0.2) is 0 Å². The molecule has 9 aromatic rings. The van der Waals surface area contributed by atoms with Crippen LogP contribution in [0.2, 0.25) is 0 Å². The number of aromatic nitrogens is 1. The summed E-state index contributed by atoms with van der Waals surface area (Å²) in [5.74, 6) is 0. The highest BCUT2D eigenvalue weighted by molar-refractivity contribution is 6.25. The van der Waals surface area contributed by atoms with Crippen molar-refractivity contribution in [3.8, 4) is 27.9 Å². The molecule has 1 aromatic heterocycles. The second kappa shape index (κ2) is 11.8. The Morgan fingerprint density at radius 1 is 0.375 bits per heavy atom. The smallest absolute Gasteiger partial charge is 0.0640 e. The van der Waals surface area contributed by atoms with Gasteiger partial charge >= 0.3 is 0 Å². The lowest BCUT2D eigenvalue weighted by atomic mass is 10.00. The molecular weight excluding hydrogens is 581 g/mol. The van der Waals surface area contributed by atoms with E-state index in [1.807, 2.05) is 0 Å². The molecule has 0 spiro atoms. The average Bonchev–Trinajstić information content (AvgIpc) is 3.52. The van der Waals surface area contributed by atoms with Crippen LogP contribution in [0.1, 0.15) is 0 Å². The summed E-state index contributed by atoms with van der Waals surface area (Å²) >= 11 is 0. The monoisotopic (exact) mass is 612 g/mol. The molecule has 1 heterocycles. The third kappa shape index (κ3) is 4.74. The quantitative estimate of drug-likeness (QED) is 0.181. The maximum Gasteiger partial charge on any atom is 0.0640 e. The molecular formula is C46H32N2. The van der Waals surface area contributed by atoms with E-state index < -0.39 is 0 Å². The predicted octanol–water partition coefficient (Wildman–Crippen LogP) is 12.7. The summed E-state index contributed by atoms with van der Waals surface area (Å²) in [6, 6.07) is 69.9. The zero-order valence-electron chi connectivity index (χ0n) is 26.4. The minimum Gasteiger partial charge on any atom is -0.310 e. The van der Waals surface area contributed by atoms with Gasteiger partial charge in [-0.3, -0.25) is 0 Å². The topological polar surface area (TPSA) is 8.17 Å². The summed E-state index contributed by atoms with van der Waals surface area (Å²) in [6.45, 7) is 0. The fourth-order valence-electron chi connectivity index (χ4n) is 7.13. The molecule has 0 radical (unpaired) electrons. The molecule has 0 fully saturated rings. The first-order valence-electron chi connectivity index (χ1n) is 16.4. The van der Waals surface area contributed by atoms with Gasteiger partial charge in [-0.2, -0.15) is 0 Å². The first-order chi connectivity index (χ1) is 23.8. The summed E-state index contributed by atoms with van der Waals surface area (Å²) < 4.78 is 2.48. The molecule has 0 aliphatic rings. The maximum absolute atomic E-state index is 2.48. The highest BCUT2D eigenvalue weighted by Crippen LogP contribution is 2.47. The highest BCUT2D eigenvalue weighted by atomic mass is 15.1. The second-order valence-electron chi connectivity index (χ2n) is 12.2. The lowest BCUT2D eigenvalue weighted by Gasteiger charge is -2.27. The van der Waals surface area contributed by atoms with Crippen molar-refractivity contribution < 1.29 is 0 Å². The molecule has 0 amide bonds. The molecule has 9 rings (SSSR count). The number of benzene rings is 8. The molecule has 226 valence electrons. The fourth-order valence-corrected chi connectivity index (χ4v) is 7.13. The van der Waals surface area contributed by atoms with E-state index in [1.165, 1.54) is 54.8 Å². The standard InChI is InChI=1S/C46H32N2/c1-5-15-33(16-6-1)35-25-28-40(29-26-35)48-43-31-36(34-17-7-2-8-18-34)27-30-42(43)45-44(32-37-19-13-14-24-41(37)46(45)48)47(38-20-9-3-10-21-38)39-22-11-4-12-23-39/h1-32H. The van der Waals surface area contributed by atoms with Crippen LogP contribution in [0, 0.1) is 0 Å². The Kier molecular flexibility index (Phi) is 6.84. The lowest BCUT2D eigenvalue weighted by Crippen LogP contribution is -2.10. The minimum atomic E-state index is 1.12. The number of rotatable bonds is 6. The number of hydrogen-bond acceptors (Lipinski definition) is 1. The van der Waals surface area contributed by atoms with E-state index in [0.29, 0.717) is 0 Å². The van der Waals surface area contributed by atoms with Gasteiger partial charge in [0.1, 0.15) is 0 Å². The Morgan fingerprint density at radius 3 is 1.50 bits per heavy atom. The Bertz CT molecular complexity index is 2480. The van der Waals surface area contributed by atoms with Crippen molar-refractivity contribution >= 4 is 49.6 Å². The van der Waals surface area contributed by atoms with Crippen LogP contribution < -0.4 is 4.90 Å². The largest absolute Gasteiger partial charge is 0.310 e. The van der Waals surface area contributed by atoms with Crippen molar-refractivity contribution in [3.63, 3.8) is 0 Å². The average molecular weight is 613 g/mol. The molecule has 0 bridgehead atoms. The van der Waals surface area contributed by atoms with Crippen LogP contribution >= 0.6 is 0 Å². The van der Waals surface area contributed by atoms with E-state index in [0.717, 1.165) is 22.7 Å². The van der Waals surface area contributed by atoms with Crippen LogP contribution in [0.25, 0.3) is 60.5 Å². The fraction of sp³-hybridized carbons (Fsp3) is 0. The van der Waals surface area contributed by atoms with E-state index in [-0.39, 0.29) is 0 Å². The van der Waals surface area contributed by atoms with Crippen LogP contribution in [0.15, 0.2) is 194 Å². The Hall–Kier alpha value is -6.38. The van der Waals surface area contributed by atoms with Crippen LogP contribution in [0.4, 0.5) is 17.1 Å². The molecule has 0 aliphatic heterocycles. The van der Waals surface area contributed by atoms with Crippen LogP contribution in [0.3, 0.4) is 0 Å².